The molecule has 1 heterocycles. The molecule has 2 N–H and O–H groups in total. The standard InChI is InChI=1S/C12H12F2N4/c1-6-4-9(14)10(5-8(6)13)18-11(7-2-3-7)12(15)16-17-18/h4-5,7H,2-3,15H2,1H3. The van der Waals surface area contributed by atoms with Gasteiger partial charge in [0, 0.05) is 12.0 Å². The van der Waals surface area contributed by atoms with Gasteiger partial charge < -0.3 is 5.73 Å². The van der Waals surface area contributed by atoms with Crippen molar-refractivity contribution in [2.24, 2.45) is 0 Å². The smallest absolute Gasteiger partial charge is 0.169 e. The van der Waals surface area contributed by atoms with E-state index in [0.29, 0.717) is 5.69 Å². The first-order valence-corrected chi connectivity index (χ1v) is 5.75. The van der Waals surface area contributed by atoms with Crippen molar-refractivity contribution < 1.29 is 8.78 Å². The number of anilines is 1. The summed E-state index contributed by atoms with van der Waals surface area (Å²) in [6.07, 6.45) is 1.96. The van der Waals surface area contributed by atoms with E-state index in [1.807, 2.05) is 0 Å². The topological polar surface area (TPSA) is 56.7 Å². The summed E-state index contributed by atoms with van der Waals surface area (Å²) in [4.78, 5) is 0. The lowest BCUT2D eigenvalue weighted by molar-refractivity contribution is 0.574. The molecule has 1 saturated carbocycles. The van der Waals surface area contributed by atoms with Gasteiger partial charge in [0.05, 0.1) is 5.69 Å². The summed E-state index contributed by atoms with van der Waals surface area (Å²) in [5, 5.41) is 7.56. The number of rotatable bonds is 2. The van der Waals surface area contributed by atoms with Crippen molar-refractivity contribution in [3.8, 4) is 5.69 Å². The Hall–Kier alpha value is -1.98. The number of aryl methyl sites for hydroxylation is 1. The van der Waals surface area contributed by atoms with Crippen LogP contribution in [-0.2, 0) is 0 Å². The highest BCUT2D eigenvalue weighted by Crippen LogP contribution is 2.42. The highest BCUT2D eigenvalue weighted by Gasteiger charge is 2.31. The van der Waals surface area contributed by atoms with Gasteiger partial charge in [0.15, 0.2) is 5.82 Å². The second kappa shape index (κ2) is 3.76. The Kier molecular flexibility index (Phi) is 2.33. The predicted octanol–water partition coefficient (Wildman–Crippen LogP) is 2.31. The van der Waals surface area contributed by atoms with Crippen LogP contribution >= 0.6 is 0 Å². The van der Waals surface area contributed by atoms with E-state index in [0.717, 1.165) is 25.0 Å². The van der Waals surface area contributed by atoms with Gasteiger partial charge in [0.2, 0.25) is 0 Å². The van der Waals surface area contributed by atoms with Gasteiger partial charge in [-0.15, -0.1) is 5.10 Å². The predicted molar refractivity (Wildman–Crippen MR) is 62.4 cm³/mol. The second-order valence-electron chi connectivity index (χ2n) is 4.60. The minimum atomic E-state index is -0.527. The van der Waals surface area contributed by atoms with Gasteiger partial charge in [-0.3, -0.25) is 0 Å². The van der Waals surface area contributed by atoms with Crippen LogP contribution in [0.15, 0.2) is 12.1 Å². The fourth-order valence-corrected chi connectivity index (χ4v) is 2.02. The van der Waals surface area contributed by atoms with E-state index in [1.54, 1.807) is 0 Å². The third-order valence-corrected chi connectivity index (χ3v) is 3.15. The summed E-state index contributed by atoms with van der Waals surface area (Å²) >= 11 is 0. The maximum absolute atomic E-state index is 13.9. The number of nitrogens with two attached hydrogens (primary N) is 1. The lowest BCUT2D eigenvalue weighted by Crippen LogP contribution is -2.06. The average Bonchev–Trinajstić information content (AvgIpc) is 3.08. The number of nitrogen functional groups attached to an aromatic ring is 1. The Morgan fingerprint density at radius 1 is 1.28 bits per heavy atom. The Bertz CT molecular complexity index is 617. The van der Waals surface area contributed by atoms with Crippen molar-refractivity contribution in [3.05, 3.63) is 35.0 Å². The Balaban J connectivity index is 2.18. The number of halogens is 2. The number of hydrogen-bond acceptors (Lipinski definition) is 3. The van der Waals surface area contributed by atoms with Gasteiger partial charge >= 0.3 is 0 Å². The van der Waals surface area contributed by atoms with Crippen LogP contribution in [0.1, 0.15) is 30.0 Å². The van der Waals surface area contributed by atoms with Gasteiger partial charge in [-0.25, -0.2) is 13.5 Å². The van der Waals surface area contributed by atoms with Crippen molar-refractivity contribution in [2.75, 3.05) is 5.73 Å². The molecule has 4 nitrogen and oxygen atoms in total. The molecule has 1 aliphatic rings. The van der Waals surface area contributed by atoms with Crippen molar-refractivity contribution >= 4 is 5.82 Å². The molecule has 94 valence electrons. The molecule has 0 unspecified atom stereocenters. The molecular weight excluding hydrogens is 238 g/mol. The van der Waals surface area contributed by atoms with Crippen LogP contribution in [0.3, 0.4) is 0 Å². The van der Waals surface area contributed by atoms with Gasteiger partial charge in [-0.05, 0) is 31.4 Å². The monoisotopic (exact) mass is 250 g/mol. The summed E-state index contributed by atoms with van der Waals surface area (Å²) in [7, 11) is 0. The minimum Gasteiger partial charge on any atom is -0.381 e. The van der Waals surface area contributed by atoms with Crippen molar-refractivity contribution in [1.29, 1.82) is 0 Å². The van der Waals surface area contributed by atoms with Crippen LogP contribution in [0, 0.1) is 18.6 Å². The quantitative estimate of drug-likeness (QED) is 0.889. The van der Waals surface area contributed by atoms with E-state index >= 15 is 0 Å². The van der Waals surface area contributed by atoms with Crippen LogP contribution in [0.2, 0.25) is 0 Å². The van der Waals surface area contributed by atoms with Crippen molar-refractivity contribution in [3.63, 3.8) is 0 Å². The molecule has 3 rings (SSSR count). The van der Waals surface area contributed by atoms with Crippen LogP contribution in [0.25, 0.3) is 5.69 Å². The number of benzene rings is 1. The molecule has 0 amide bonds. The Morgan fingerprint density at radius 3 is 2.67 bits per heavy atom. The van der Waals surface area contributed by atoms with Crippen LogP contribution in [0.4, 0.5) is 14.6 Å². The van der Waals surface area contributed by atoms with Gasteiger partial charge in [0.1, 0.15) is 17.3 Å². The molecule has 0 atom stereocenters. The summed E-state index contributed by atoms with van der Waals surface area (Å²) in [5.74, 6) is -0.454. The first-order chi connectivity index (χ1) is 8.58. The fourth-order valence-electron chi connectivity index (χ4n) is 2.02. The summed E-state index contributed by atoms with van der Waals surface area (Å²) in [6.45, 7) is 1.51. The largest absolute Gasteiger partial charge is 0.381 e. The second-order valence-corrected chi connectivity index (χ2v) is 4.60. The minimum absolute atomic E-state index is 0.0594. The molecule has 0 radical (unpaired) electrons. The molecule has 1 aromatic carbocycles. The lowest BCUT2D eigenvalue weighted by Gasteiger charge is -2.08. The Morgan fingerprint density at radius 2 is 2.00 bits per heavy atom. The summed E-state index contributed by atoms with van der Waals surface area (Å²) in [6, 6.07) is 2.28. The van der Waals surface area contributed by atoms with E-state index in [-0.39, 0.29) is 23.0 Å². The van der Waals surface area contributed by atoms with Crippen LogP contribution < -0.4 is 5.73 Å². The van der Waals surface area contributed by atoms with Crippen LogP contribution in [-0.4, -0.2) is 15.0 Å². The van der Waals surface area contributed by atoms with E-state index in [4.69, 9.17) is 5.73 Å². The molecule has 1 aliphatic carbocycles. The summed E-state index contributed by atoms with van der Waals surface area (Å²) < 4.78 is 28.7. The maximum atomic E-state index is 13.9. The number of aromatic nitrogens is 3. The highest BCUT2D eigenvalue weighted by atomic mass is 19.1. The third kappa shape index (κ3) is 1.64. The van der Waals surface area contributed by atoms with Crippen molar-refractivity contribution in [2.45, 2.75) is 25.7 Å². The van der Waals surface area contributed by atoms with Crippen molar-refractivity contribution in [1.82, 2.24) is 15.0 Å². The van der Waals surface area contributed by atoms with E-state index in [9.17, 15) is 8.78 Å². The molecule has 1 fully saturated rings. The molecular formula is C12H12F2N4. The zero-order valence-electron chi connectivity index (χ0n) is 9.82. The van der Waals surface area contributed by atoms with E-state index < -0.39 is 11.6 Å². The Labute approximate surface area is 102 Å². The molecule has 0 bridgehead atoms. The molecule has 6 heteroatoms. The van der Waals surface area contributed by atoms with E-state index in [1.165, 1.54) is 11.6 Å². The average molecular weight is 250 g/mol. The highest BCUT2D eigenvalue weighted by molar-refractivity contribution is 5.45. The number of hydrogen-bond donors (Lipinski definition) is 1. The zero-order chi connectivity index (χ0) is 12.9. The van der Waals surface area contributed by atoms with Gasteiger partial charge in [-0.1, -0.05) is 5.21 Å². The van der Waals surface area contributed by atoms with Crippen LogP contribution in [0.5, 0.6) is 0 Å². The first-order valence-electron chi connectivity index (χ1n) is 5.75. The number of nitrogens with zero attached hydrogens (tertiary/aromatic N) is 3. The SMILES string of the molecule is Cc1cc(F)c(-n2nnc(N)c2C2CC2)cc1F. The zero-order valence-corrected chi connectivity index (χ0v) is 9.82. The normalized spacial score (nSPS) is 15.1. The molecule has 2 aromatic rings. The molecule has 0 saturated heterocycles. The third-order valence-electron chi connectivity index (χ3n) is 3.15. The fraction of sp³-hybridized carbons (Fsp3) is 0.333. The van der Waals surface area contributed by atoms with Gasteiger partial charge in [0.25, 0.3) is 0 Å². The first kappa shape index (κ1) is 11.1. The molecule has 18 heavy (non-hydrogen) atoms. The summed E-state index contributed by atoms with van der Waals surface area (Å²) in [5.41, 5.74) is 6.73. The molecule has 0 spiro atoms. The lowest BCUT2D eigenvalue weighted by atomic mass is 10.2. The molecule has 0 aliphatic heterocycles. The molecule has 1 aromatic heterocycles. The van der Waals surface area contributed by atoms with Gasteiger partial charge in [-0.2, -0.15) is 0 Å². The maximum Gasteiger partial charge on any atom is 0.169 e. The van der Waals surface area contributed by atoms with E-state index in [2.05, 4.69) is 10.3 Å².